The number of hydrogen-bond donors (Lipinski definition) is 0. The summed E-state index contributed by atoms with van der Waals surface area (Å²) in [4.78, 5) is 4.30. The predicted octanol–water partition coefficient (Wildman–Crippen LogP) is 5.35. The van der Waals surface area contributed by atoms with Crippen molar-refractivity contribution in [1.82, 2.24) is 4.98 Å². The molecule has 1 aromatic heterocycles. The largest absolute Gasteiger partial charge is 0.245 e. The van der Waals surface area contributed by atoms with E-state index in [9.17, 15) is 0 Å². The first-order chi connectivity index (χ1) is 8.31. The molecule has 0 spiro atoms. The maximum absolute atomic E-state index is 4.30. The molecule has 2 rings (SSSR count). The topological polar surface area (TPSA) is 12.9 Å². The molecule has 0 aliphatic rings. The van der Waals surface area contributed by atoms with Crippen LogP contribution in [-0.2, 0) is 0 Å². The van der Waals surface area contributed by atoms with E-state index in [2.05, 4.69) is 43.1 Å². The second-order valence-corrected chi connectivity index (χ2v) is 4.66. The van der Waals surface area contributed by atoms with Crippen LogP contribution in [0.4, 0.5) is 0 Å². The summed E-state index contributed by atoms with van der Waals surface area (Å²) in [5, 5.41) is 3.11. The van der Waals surface area contributed by atoms with Crippen molar-refractivity contribution in [3.05, 3.63) is 41.4 Å². The number of rotatable bonds is 3. The average molecular weight is 247 g/mol. The Balaban J connectivity index is 0.000000686. The lowest BCUT2D eigenvalue weighted by atomic mass is 9.98. The minimum absolute atomic E-state index is 0.648. The highest BCUT2D eigenvalue weighted by Crippen LogP contribution is 2.25. The maximum atomic E-state index is 4.30. The number of benzene rings is 1. The van der Waals surface area contributed by atoms with E-state index < -0.39 is 0 Å². The summed E-state index contributed by atoms with van der Waals surface area (Å²) in [6.45, 7) is 8.48. The monoisotopic (exact) mass is 247 g/mol. The van der Waals surface area contributed by atoms with Crippen LogP contribution in [0.15, 0.2) is 35.8 Å². The third kappa shape index (κ3) is 3.67. The highest BCUT2D eigenvalue weighted by atomic mass is 32.1. The molecule has 0 aliphatic heterocycles. The van der Waals surface area contributed by atoms with Crippen LogP contribution in [0.5, 0.6) is 0 Å². The van der Waals surface area contributed by atoms with Crippen molar-refractivity contribution in [1.29, 1.82) is 0 Å². The van der Waals surface area contributed by atoms with E-state index in [1.807, 2.05) is 25.4 Å². The molecule has 0 bridgehead atoms. The van der Waals surface area contributed by atoms with Crippen molar-refractivity contribution < 1.29 is 0 Å². The number of thiazole rings is 1. The molecule has 2 heteroatoms. The van der Waals surface area contributed by atoms with E-state index in [-0.39, 0.29) is 0 Å². The Bertz CT molecular complexity index is 403. The molecule has 0 fully saturated rings. The van der Waals surface area contributed by atoms with E-state index in [0.29, 0.717) is 5.92 Å². The van der Waals surface area contributed by atoms with Crippen LogP contribution in [0.3, 0.4) is 0 Å². The SMILES string of the molecule is CC.CCC(C)c1ccc(-c2nccs2)cc1. The standard InChI is InChI=1S/C13H15NS.C2H6/c1-3-10(2)11-4-6-12(7-5-11)13-14-8-9-15-13;1-2/h4-10H,3H2,1-2H3;1-2H3. The first-order valence-electron chi connectivity index (χ1n) is 6.31. The smallest absolute Gasteiger partial charge is 0.123 e. The minimum atomic E-state index is 0.648. The summed E-state index contributed by atoms with van der Waals surface area (Å²) in [7, 11) is 0. The zero-order chi connectivity index (χ0) is 12.7. The number of aromatic nitrogens is 1. The minimum Gasteiger partial charge on any atom is -0.245 e. The average Bonchev–Trinajstić information content (AvgIpc) is 2.94. The molecule has 17 heavy (non-hydrogen) atoms. The zero-order valence-electron chi connectivity index (χ0n) is 11.1. The molecular weight excluding hydrogens is 226 g/mol. The van der Waals surface area contributed by atoms with Crippen molar-refractivity contribution >= 4 is 11.3 Å². The molecule has 1 aromatic carbocycles. The van der Waals surface area contributed by atoms with Gasteiger partial charge in [-0.15, -0.1) is 11.3 Å². The lowest BCUT2D eigenvalue weighted by Gasteiger charge is -2.08. The summed E-state index contributed by atoms with van der Waals surface area (Å²) < 4.78 is 0. The molecule has 0 saturated carbocycles. The van der Waals surface area contributed by atoms with E-state index in [0.717, 1.165) is 5.01 Å². The number of hydrogen-bond acceptors (Lipinski definition) is 2. The van der Waals surface area contributed by atoms with Crippen LogP contribution in [0.1, 0.15) is 45.6 Å². The van der Waals surface area contributed by atoms with Gasteiger partial charge in [0.2, 0.25) is 0 Å². The van der Waals surface area contributed by atoms with Crippen LogP contribution < -0.4 is 0 Å². The molecule has 0 radical (unpaired) electrons. The lowest BCUT2D eigenvalue weighted by Crippen LogP contribution is -1.90. The Morgan fingerprint density at radius 1 is 1.18 bits per heavy atom. The van der Waals surface area contributed by atoms with Gasteiger partial charge in [0, 0.05) is 17.1 Å². The number of nitrogens with zero attached hydrogens (tertiary/aromatic N) is 1. The third-order valence-corrected chi connectivity index (χ3v) is 3.59. The van der Waals surface area contributed by atoms with Crippen molar-refractivity contribution in [3.8, 4) is 10.6 Å². The van der Waals surface area contributed by atoms with Gasteiger partial charge in [0.15, 0.2) is 0 Å². The van der Waals surface area contributed by atoms with Gasteiger partial charge in [-0.2, -0.15) is 0 Å². The second-order valence-electron chi connectivity index (χ2n) is 3.77. The Morgan fingerprint density at radius 3 is 2.29 bits per heavy atom. The van der Waals surface area contributed by atoms with Gasteiger partial charge in [-0.1, -0.05) is 52.0 Å². The quantitative estimate of drug-likeness (QED) is 0.712. The van der Waals surface area contributed by atoms with Gasteiger partial charge in [-0.05, 0) is 17.9 Å². The fourth-order valence-corrected chi connectivity index (χ4v) is 2.20. The summed E-state index contributed by atoms with van der Waals surface area (Å²) in [5.74, 6) is 0.648. The zero-order valence-corrected chi connectivity index (χ0v) is 11.9. The van der Waals surface area contributed by atoms with Crippen molar-refractivity contribution in [3.63, 3.8) is 0 Å². The summed E-state index contributed by atoms with van der Waals surface area (Å²) in [6.07, 6.45) is 3.04. The molecular formula is C15H21NS. The van der Waals surface area contributed by atoms with E-state index >= 15 is 0 Å². The van der Waals surface area contributed by atoms with Crippen LogP contribution >= 0.6 is 11.3 Å². The van der Waals surface area contributed by atoms with Gasteiger partial charge in [0.25, 0.3) is 0 Å². The van der Waals surface area contributed by atoms with Gasteiger partial charge in [-0.25, -0.2) is 4.98 Å². The molecule has 92 valence electrons. The van der Waals surface area contributed by atoms with E-state index in [1.54, 1.807) is 11.3 Å². The molecule has 0 amide bonds. The van der Waals surface area contributed by atoms with Gasteiger partial charge in [-0.3, -0.25) is 0 Å². The van der Waals surface area contributed by atoms with Crippen LogP contribution in [-0.4, -0.2) is 4.98 Å². The van der Waals surface area contributed by atoms with Crippen LogP contribution in [0.2, 0.25) is 0 Å². The van der Waals surface area contributed by atoms with Crippen LogP contribution in [0.25, 0.3) is 10.6 Å². The Kier molecular flexibility index (Phi) is 5.92. The molecule has 0 saturated heterocycles. The second kappa shape index (κ2) is 7.23. The molecule has 0 aliphatic carbocycles. The summed E-state index contributed by atoms with van der Waals surface area (Å²) in [5.41, 5.74) is 2.63. The van der Waals surface area contributed by atoms with E-state index in [1.165, 1.54) is 17.5 Å². The Morgan fingerprint density at radius 2 is 1.82 bits per heavy atom. The van der Waals surface area contributed by atoms with Crippen molar-refractivity contribution in [2.45, 2.75) is 40.0 Å². The van der Waals surface area contributed by atoms with Gasteiger partial charge in [0.05, 0.1) is 0 Å². The first kappa shape index (κ1) is 13.9. The Hall–Kier alpha value is -1.15. The van der Waals surface area contributed by atoms with E-state index in [4.69, 9.17) is 0 Å². The van der Waals surface area contributed by atoms with Crippen LogP contribution in [0, 0.1) is 0 Å². The normalized spacial score (nSPS) is 11.5. The lowest BCUT2D eigenvalue weighted by molar-refractivity contribution is 0.734. The van der Waals surface area contributed by atoms with Crippen molar-refractivity contribution in [2.24, 2.45) is 0 Å². The van der Waals surface area contributed by atoms with Gasteiger partial charge >= 0.3 is 0 Å². The maximum Gasteiger partial charge on any atom is 0.123 e. The molecule has 1 heterocycles. The molecule has 1 nitrogen and oxygen atoms in total. The predicted molar refractivity (Wildman–Crippen MR) is 77.6 cm³/mol. The fraction of sp³-hybridized carbons (Fsp3) is 0.400. The molecule has 2 aromatic rings. The highest BCUT2D eigenvalue weighted by molar-refractivity contribution is 7.13. The Labute approximate surface area is 109 Å². The van der Waals surface area contributed by atoms with Crippen molar-refractivity contribution in [2.75, 3.05) is 0 Å². The molecule has 0 N–H and O–H groups in total. The summed E-state index contributed by atoms with van der Waals surface area (Å²) in [6, 6.07) is 8.76. The fourth-order valence-electron chi connectivity index (χ4n) is 1.56. The summed E-state index contributed by atoms with van der Waals surface area (Å²) >= 11 is 1.68. The highest BCUT2D eigenvalue weighted by Gasteiger charge is 2.04. The molecule has 1 atom stereocenters. The first-order valence-corrected chi connectivity index (χ1v) is 7.19. The third-order valence-electron chi connectivity index (χ3n) is 2.77. The van der Waals surface area contributed by atoms with Gasteiger partial charge < -0.3 is 0 Å². The van der Waals surface area contributed by atoms with Gasteiger partial charge in [0.1, 0.15) is 5.01 Å². The molecule has 1 unspecified atom stereocenters.